The Morgan fingerprint density at radius 1 is 1.08 bits per heavy atom. The summed E-state index contributed by atoms with van der Waals surface area (Å²) < 4.78 is 51.3. The van der Waals surface area contributed by atoms with E-state index in [0.29, 0.717) is 21.6 Å². The van der Waals surface area contributed by atoms with E-state index in [1.54, 1.807) is 0 Å². The first-order chi connectivity index (χ1) is 12.1. The third-order valence-corrected chi connectivity index (χ3v) is 4.57. The number of nitrogens with zero attached hydrogens (tertiary/aromatic N) is 1. The van der Waals surface area contributed by atoms with Gasteiger partial charge in [-0.2, -0.15) is 0 Å². The Kier molecular flexibility index (Phi) is 5.71. The van der Waals surface area contributed by atoms with E-state index in [1.807, 2.05) is 0 Å². The average Bonchev–Trinajstić information content (AvgIpc) is 2.53. The maximum Gasteiger partial charge on any atom is 0.245 e. The van der Waals surface area contributed by atoms with Crippen LogP contribution in [0.2, 0.25) is 0 Å². The fourth-order valence-corrected chi connectivity index (χ4v) is 3.04. The Morgan fingerprint density at radius 3 is 2.19 bits per heavy atom. The molecule has 0 radical (unpaired) electrons. The minimum absolute atomic E-state index is 0.141. The van der Waals surface area contributed by atoms with Crippen LogP contribution in [0, 0.1) is 11.6 Å². The zero-order valence-electron chi connectivity index (χ0n) is 14.0. The molecule has 0 spiro atoms. The molecule has 0 atom stereocenters. The van der Waals surface area contributed by atoms with Gasteiger partial charge >= 0.3 is 0 Å². The van der Waals surface area contributed by atoms with Crippen LogP contribution in [0.4, 0.5) is 20.2 Å². The first-order valence-electron chi connectivity index (χ1n) is 7.41. The van der Waals surface area contributed by atoms with Gasteiger partial charge in [0, 0.05) is 17.3 Å². The summed E-state index contributed by atoms with van der Waals surface area (Å²) in [5.41, 5.74) is 0.359. The highest BCUT2D eigenvalue weighted by Crippen LogP contribution is 2.22. The van der Waals surface area contributed by atoms with Gasteiger partial charge in [-0.05, 0) is 43.3 Å². The number of carbonyl (C=O) groups excluding carboxylic acids is 2. The summed E-state index contributed by atoms with van der Waals surface area (Å²) in [5, 5.41) is 2.46. The lowest BCUT2D eigenvalue weighted by Crippen LogP contribution is -2.38. The van der Waals surface area contributed by atoms with Gasteiger partial charge < -0.3 is 5.32 Å². The fourth-order valence-electron chi connectivity index (χ4n) is 2.18. The third-order valence-electron chi connectivity index (χ3n) is 3.44. The third kappa shape index (κ3) is 4.85. The van der Waals surface area contributed by atoms with Crippen LogP contribution in [-0.2, 0) is 14.8 Å². The van der Waals surface area contributed by atoms with Crippen LogP contribution in [0.25, 0.3) is 0 Å². The van der Waals surface area contributed by atoms with Crippen molar-refractivity contribution < 1.29 is 26.8 Å². The molecule has 2 aromatic carbocycles. The van der Waals surface area contributed by atoms with Gasteiger partial charge in [-0.3, -0.25) is 13.9 Å². The Morgan fingerprint density at radius 2 is 1.69 bits per heavy atom. The average molecular weight is 382 g/mol. The fraction of sp³-hybridized carbons (Fsp3) is 0.176. The number of sulfonamides is 1. The second kappa shape index (κ2) is 7.61. The van der Waals surface area contributed by atoms with Crippen LogP contribution in [0.5, 0.6) is 0 Å². The predicted molar refractivity (Wildman–Crippen MR) is 93.6 cm³/mol. The van der Waals surface area contributed by atoms with Gasteiger partial charge in [-0.1, -0.05) is 0 Å². The summed E-state index contributed by atoms with van der Waals surface area (Å²) in [4.78, 5) is 23.4. The molecule has 0 aliphatic rings. The van der Waals surface area contributed by atoms with Crippen LogP contribution in [-0.4, -0.2) is 32.9 Å². The largest absolute Gasteiger partial charge is 0.325 e. The first-order valence-corrected chi connectivity index (χ1v) is 9.26. The number of Topliss-reactive ketones (excluding diaryl/α,β-unsaturated/α-hetero) is 1. The summed E-state index contributed by atoms with van der Waals surface area (Å²) in [6.07, 6.45) is 0.810. The normalized spacial score (nSPS) is 11.1. The summed E-state index contributed by atoms with van der Waals surface area (Å²) in [6, 6.07) is 8.36. The molecule has 1 amide bonds. The number of hydrogen-bond donors (Lipinski definition) is 1. The molecule has 0 aliphatic heterocycles. The van der Waals surface area contributed by atoms with Crippen LogP contribution in [0.1, 0.15) is 17.3 Å². The second-order valence-electron chi connectivity index (χ2n) is 5.55. The second-order valence-corrected chi connectivity index (χ2v) is 7.45. The highest BCUT2D eigenvalue weighted by atomic mass is 32.2. The number of carbonyl (C=O) groups is 2. The van der Waals surface area contributed by atoms with Gasteiger partial charge in [-0.25, -0.2) is 17.2 Å². The molecule has 2 aromatic rings. The molecule has 0 saturated heterocycles. The molecule has 0 fully saturated rings. The van der Waals surface area contributed by atoms with E-state index in [9.17, 15) is 26.8 Å². The molecule has 138 valence electrons. The number of rotatable bonds is 6. The molecule has 1 N–H and O–H groups in total. The number of halogens is 2. The number of benzene rings is 2. The van der Waals surface area contributed by atoms with E-state index in [0.717, 1.165) is 18.4 Å². The number of anilines is 2. The molecule has 0 aliphatic carbocycles. The number of amides is 1. The van der Waals surface area contributed by atoms with Gasteiger partial charge in [0.05, 0.1) is 11.9 Å². The lowest BCUT2D eigenvalue weighted by atomic mass is 10.1. The molecule has 0 unspecified atom stereocenters. The van der Waals surface area contributed by atoms with Gasteiger partial charge in [0.25, 0.3) is 0 Å². The number of hydrogen-bond acceptors (Lipinski definition) is 4. The lowest BCUT2D eigenvalue weighted by Gasteiger charge is -2.22. The topological polar surface area (TPSA) is 83.6 Å². The van der Waals surface area contributed by atoms with E-state index in [4.69, 9.17) is 0 Å². The van der Waals surface area contributed by atoms with Crippen molar-refractivity contribution in [3.8, 4) is 0 Å². The van der Waals surface area contributed by atoms with Gasteiger partial charge in [-0.15, -0.1) is 0 Å². The van der Waals surface area contributed by atoms with Gasteiger partial charge in [0.1, 0.15) is 18.2 Å². The summed E-state index contributed by atoms with van der Waals surface area (Å²) >= 11 is 0. The number of ketones is 1. The Hall–Kier alpha value is -2.81. The monoisotopic (exact) mass is 382 g/mol. The van der Waals surface area contributed by atoms with Crippen molar-refractivity contribution in [3.05, 3.63) is 59.7 Å². The van der Waals surface area contributed by atoms with Crippen molar-refractivity contribution >= 4 is 33.1 Å². The number of nitrogens with one attached hydrogen (secondary N) is 1. The van der Waals surface area contributed by atoms with Crippen LogP contribution >= 0.6 is 0 Å². The molecular formula is C17H16F2N2O4S. The minimum Gasteiger partial charge on any atom is -0.325 e. The molecular weight excluding hydrogens is 366 g/mol. The van der Waals surface area contributed by atoms with Crippen molar-refractivity contribution in [2.24, 2.45) is 0 Å². The highest BCUT2D eigenvalue weighted by Gasteiger charge is 2.24. The summed E-state index contributed by atoms with van der Waals surface area (Å²) in [5.74, 6) is -2.84. The van der Waals surface area contributed by atoms with Crippen molar-refractivity contribution in [2.75, 3.05) is 22.4 Å². The van der Waals surface area contributed by atoms with Crippen LogP contribution in [0.15, 0.2) is 42.5 Å². The molecule has 0 bridgehead atoms. The van der Waals surface area contributed by atoms with E-state index >= 15 is 0 Å². The zero-order chi connectivity index (χ0) is 19.5. The van der Waals surface area contributed by atoms with Crippen LogP contribution < -0.4 is 9.62 Å². The molecule has 0 saturated carbocycles. The van der Waals surface area contributed by atoms with E-state index in [1.165, 1.54) is 31.2 Å². The van der Waals surface area contributed by atoms with E-state index in [-0.39, 0.29) is 5.78 Å². The predicted octanol–water partition coefficient (Wildman–Crippen LogP) is 2.57. The smallest absolute Gasteiger partial charge is 0.245 e. The first kappa shape index (κ1) is 19.5. The molecule has 0 heterocycles. The molecule has 6 nitrogen and oxygen atoms in total. The molecule has 26 heavy (non-hydrogen) atoms. The Labute approximate surface area is 149 Å². The van der Waals surface area contributed by atoms with Crippen molar-refractivity contribution in [3.63, 3.8) is 0 Å². The standard InChI is InChI=1S/C17H16F2N2O4S/c1-11(22)12-3-6-14(7-4-12)20-17(23)10-21(26(2,24)25)16-8-5-13(18)9-15(16)19/h3-9H,10H2,1-2H3,(H,20,23). The maximum atomic E-state index is 13.9. The van der Waals surface area contributed by atoms with Gasteiger partial charge in [0.15, 0.2) is 5.78 Å². The summed E-state index contributed by atoms with van der Waals surface area (Å²) in [6.45, 7) is 0.699. The highest BCUT2D eigenvalue weighted by molar-refractivity contribution is 7.92. The molecule has 0 aromatic heterocycles. The quantitative estimate of drug-likeness (QED) is 0.779. The zero-order valence-corrected chi connectivity index (χ0v) is 14.8. The minimum atomic E-state index is -3.99. The van der Waals surface area contributed by atoms with E-state index in [2.05, 4.69) is 5.32 Å². The lowest BCUT2D eigenvalue weighted by molar-refractivity contribution is -0.114. The maximum absolute atomic E-state index is 13.9. The van der Waals surface area contributed by atoms with Crippen molar-refractivity contribution in [1.82, 2.24) is 0 Å². The van der Waals surface area contributed by atoms with Crippen molar-refractivity contribution in [1.29, 1.82) is 0 Å². The summed E-state index contributed by atoms with van der Waals surface area (Å²) in [7, 11) is -3.99. The molecule has 2 rings (SSSR count). The van der Waals surface area contributed by atoms with Crippen LogP contribution in [0.3, 0.4) is 0 Å². The van der Waals surface area contributed by atoms with Crippen molar-refractivity contribution in [2.45, 2.75) is 6.92 Å². The van der Waals surface area contributed by atoms with E-state index < -0.39 is 39.8 Å². The molecule has 9 heteroatoms. The van der Waals surface area contributed by atoms with Gasteiger partial charge in [0.2, 0.25) is 15.9 Å². The Balaban J connectivity index is 2.20. The SMILES string of the molecule is CC(=O)c1ccc(NC(=O)CN(c2ccc(F)cc2F)S(C)(=O)=O)cc1. The Bertz CT molecular complexity index is 944.